The summed E-state index contributed by atoms with van der Waals surface area (Å²) < 4.78 is 7.49. The number of carbonyl (C=O) groups is 2. The van der Waals surface area contributed by atoms with Crippen molar-refractivity contribution in [2.75, 3.05) is 6.61 Å². The van der Waals surface area contributed by atoms with Crippen molar-refractivity contribution in [2.45, 2.75) is 30.6 Å². The summed E-state index contributed by atoms with van der Waals surface area (Å²) in [4.78, 5) is 29.6. The second kappa shape index (κ2) is 8.14. The minimum Gasteiger partial charge on any atom is -0.394 e. The zero-order chi connectivity index (χ0) is 26.6. The fourth-order valence-corrected chi connectivity index (χ4v) is 6.41. The van der Waals surface area contributed by atoms with E-state index >= 15 is 0 Å². The molecule has 1 fully saturated rings. The summed E-state index contributed by atoms with van der Waals surface area (Å²) in [6, 6.07) is 10.2. The number of rotatable bonds is 2. The molecule has 5 aromatic rings. The van der Waals surface area contributed by atoms with Gasteiger partial charge in [-0.1, -0.05) is 47.5 Å². The Bertz CT molecular complexity index is 1860. The number of aromatic amines is 1. The highest BCUT2D eigenvalue weighted by atomic mass is 35.5. The maximum absolute atomic E-state index is 13.2. The first-order valence-corrected chi connectivity index (χ1v) is 12.5. The number of aliphatic hydroxyl groups is 4. The van der Waals surface area contributed by atoms with Crippen molar-refractivity contribution < 1.29 is 34.8 Å². The van der Waals surface area contributed by atoms with Crippen LogP contribution >= 0.6 is 23.2 Å². The van der Waals surface area contributed by atoms with Crippen LogP contribution < -0.4 is 5.32 Å². The van der Waals surface area contributed by atoms with Gasteiger partial charge < -0.3 is 34.7 Å². The average Bonchev–Trinajstić information content (AvgIpc) is 3.53. The summed E-state index contributed by atoms with van der Waals surface area (Å²) in [6.07, 6.45) is -7.41. The molecule has 5 atom stereocenters. The Morgan fingerprint density at radius 3 is 2.18 bits per heavy atom. The molecule has 0 spiro atoms. The minimum atomic E-state index is -1.66. The van der Waals surface area contributed by atoms with E-state index in [1.165, 1.54) is 4.57 Å². The van der Waals surface area contributed by atoms with Crippen LogP contribution in [0.2, 0.25) is 10.0 Å². The van der Waals surface area contributed by atoms with E-state index in [1.807, 2.05) is 0 Å². The third-order valence-electron chi connectivity index (χ3n) is 7.55. The van der Waals surface area contributed by atoms with Crippen molar-refractivity contribution in [1.29, 1.82) is 0 Å². The molecule has 0 bridgehead atoms. The molecule has 10 nitrogen and oxygen atoms in total. The maximum Gasteiger partial charge on any atom is 0.259 e. The van der Waals surface area contributed by atoms with Gasteiger partial charge in [0.05, 0.1) is 49.8 Å². The fourth-order valence-electron chi connectivity index (χ4n) is 5.92. The lowest BCUT2D eigenvalue weighted by molar-refractivity contribution is -0.249. The SMILES string of the molecule is O=C1NC(=O)c2c1c1c3cccc(Cl)c3[nH]c1c1c2c2cccc(Cl)c2n1[C@@H]1O[C@H](CO)[C@@H](O)[C@H](O)[C@H]1O. The molecule has 6 N–H and O–H groups in total. The Balaban J connectivity index is 1.74. The van der Waals surface area contributed by atoms with E-state index < -0.39 is 49.1 Å². The average molecular weight is 556 g/mol. The van der Waals surface area contributed by atoms with Gasteiger partial charge in [-0.05, 0) is 12.1 Å². The number of aliphatic hydroxyl groups excluding tert-OH is 4. The van der Waals surface area contributed by atoms with Gasteiger partial charge in [0, 0.05) is 21.5 Å². The number of H-pyrrole nitrogens is 1. The molecule has 4 heterocycles. The number of imide groups is 1. The number of amides is 2. The highest BCUT2D eigenvalue weighted by Gasteiger charge is 2.46. The summed E-state index contributed by atoms with van der Waals surface area (Å²) >= 11 is 13.2. The van der Waals surface area contributed by atoms with Crippen LogP contribution in [0, 0.1) is 0 Å². The zero-order valence-corrected chi connectivity index (χ0v) is 20.8. The second-order valence-corrected chi connectivity index (χ2v) is 10.3. The van der Waals surface area contributed by atoms with Crippen molar-refractivity contribution in [3.05, 3.63) is 57.6 Å². The molecule has 194 valence electrons. The Labute approximate surface area is 222 Å². The number of ether oxygens (including phenoxy) is 1. The van der Waals surface area contributed by atoms with Crippen molar-refractivity contribution in [1.82, 2.24) is 14.9 Å². The molecule has 0 aliphatic carbocycles. The van der Waals surface area contributed by atoms with Crippen LogP contribution in [0.25, 0.3) is 43.6 Å². The molecule has 12 heteroatoms. The van der Waals surface area contributed by atoms with Crippen molar-refractivity contribution in [3.63, 3.8) is 0 Å². The van der Waals surface area contributed by atoms with Crippen LogP contribution in [0.3, 0.4) is 0 Å². The van der Waals surface area contributed by atoms with E-state index in [2.05, 4.69) is 10.3 Å². The molecular formula is C26H19Cl2N3O7. The lowest BCUT2D eigenvalue weighted by Gasteiger charge is -2.41. The van der Waals surface area contributed by atoms with Crippen molar-refractivity contribution in [3.8, 4) is 0 Å². The van der Waals surface area contributed by atoms with Gasteiger partial charge in [-0.2, -0.15) is 0 Å². The highest BCUT2D eigenvalue weighted by molar-refractivity contribution is 6.43. The molecule has 0 saturated carbocycles. The molecule has 7 rings (SSSR count). The van der Waals surface area contributed by atoms with Crippen LogP contribution in [0.5, 0.6) is 0 Å². The lowest BCUT2D eigenvalue weighted by atomic mass is 9.96. The minimum absolute atomic E-state index is 0.133. The number of aromatic nitrogens is 2. The lowest BCUT2D eigenvalue weighted by Crippen LogP contribution is -2.56. The summed E-state index contributed by atoms with van der Waals surface area (Å²) in [5.41, 5.74) is 2.00. The van der Waals surface area contributed by atoms with E-state index in [0.717, 1.165) is 0 Å². The van der Waals surface area contributed by atoms with Gasteiger partial charge in [-0.15, -0.1) is 0 Å². The molecule has 38 heavy (non-hydrogen) atoms. The predicted octanol–water partition coefficient (Wildman–Crippen LogP) is 2.59. The first-order chi connectivity index (χ1) is 18.2. The molecule has 0 unspecified atom stereocenters. The van der Waals surface area contributed by atoms with E-state index in [4.69, 9.17) is 27.9 Å². The third kappa shape index (κ3) is 2.90. The van der Waals surface area contributed by atoms with Crippen LogP contribution in [-0.2, 0) is 4.74 Å². The summed E-state index contributed by atoms with van der Waals surface area (Å²) in [5.74, 6) is -1.16. The fraction of sp³-hybridized carbons (Fsp3) is 0.231. The molecule has 2 aliphatic rings. The smallest absolute Gasteiger partial charge is 0.259 e. The predicted molar refractivity (Wildman–Crippen MR) is 140 cm³/mol. The van der Waals surface area contributed by atoms with Gasteiger partial charge in [0.2, 0.25) is 0 Å². The van der Waals surface area contributed by atoms with E-state index in [0.29, 0.717) is 48.6 Å². The number of hydrogen-bond acceptors (Lipinski definition) is 7. The number of nitrogens with zero attached hydrogens (tertiary/aromatic N) is 1. The molecule has 1 saturated heterocycles. The monoisotopic (exact) mass is 555 g/mol. The number of carbonyl (C=O) groups excluding carboxylic acids is 2. The number of benzene rings is 3. The number of hydrogen-bond donors (Lipinski definition) is 6. The third-order valence-corrected chi connectivity index (χ3v) is 8.17. The molecule has 2 amide bonds. The first-order valence-electron chi connectivity index (χ1n) is 11.8. The van der Waals surface area contributed by atoms with Gasteiger partial charge >= 0.3 is 0 Å². The van der Waals surface area contributed by atoms with E-state index in [9.17, 15) is 30.0 Å². The second-order valence-electron chi connectivity index (χ2n) is 9.52. The Morgan fingerprint density at radius 1 is 0.816 bits per heavy atom. The summed E-state index contributed by atoms with van der Waals surface area (Å²) in [6.45, 7) is -0.629. The van der Waals surface area contributed by atoms with Crippen molar-refractivity contribution in [2.24, 2.45) is 0 Å². The first kappa shape index (κ1) is 23.9. The summed E-state index contributed by atoms with van der Waals surface area (Å²) in [7, 11) is 0. The maximum atomic E-state index is 13.2. The molecule has 2 aliphatic heterocycles. The van der Waals surface area contributed by atoms with Crippen molar-refractivity contribution >= 4 is 78.6 Å². The van der Waals surface area contributed by atoms with Gasteiger partial charge in [-0.3, -0.25) is 14.9 Å². The summed E-state index contributed by atoms with van der Waals surface area (Å²) in [5, 5.41) is 46.9. The van der Waals surface area contributed by atoms with Gasteiger partial charge in [0.15, 0.2) is 6.23 Å². The standard InChI is InChI=1S/C26H19Cl2N3O7/c27-10-5-1-3-8-13-15-16(25(37)30-24(15)36)14-9-4-2-6-11(28)19(9)31(20(14)18(13)29-17(8)10)26-23(35)22(34)21(33)12(7-32)38-26/h1-6,12,21-23,26,29,32-35H,7H2,(H,30,36,37)/t12-,21-,22+,23-,26-/m1/s1. The van der Waals surface area contributed by atoms with Crippen LogP contribution in [-0.4, -0.2) is 72.8 Å². The van der Waals surface area contributed by atoms with Crippen LogP contribution in [0.15, 0.2) is 36.4 Å². The Hall–Kier alpha value is -3.22. The van der Waals surface area contributed by atoms with Crippen LogP contribution in [0.4, 0.5) is 0 Å². The molecular weight excluding hydrogens is 537 g/mol. The molecule has 0 radical (unpaired) electrons. The topological polar surface area (TPSA) is 157 Å². The Kier molecular flexibility index (Phi) is 5.11. The van der Waals surface area contributed by atoms with E-state index in [1.54, 1.807) is 36.4 Å². The highest BCUT2D eigenvalue weighted by Crippen LogP contribution is 2.47. The number of nitrogens with one attached hydrogen (secondary N) is 2. The zero-order valence-electron chi connectivity index (χ0n) is 19.3. The normalized spacial score (nSPS) is 25.7. The number of fused-ring (bicyclic) bond motifs is 10. The van der Waals surface area contributed by atoms with Crippen LogP contribution in [0.1, 0.15) is 26.9 Å². The number of para-hydroxylation sites is 2. The van der Waals surface area contributed by atoms with Gasteiger partial charge in [-0.25, -0.2) is 0 Å². The number of halogens is 2. The molecule has 2 aromatic heterocycles. The van der Waals surface area contributed by atoms with Gasteiger partial charge in [0.1, 0.15) is 24.4 Å². The van der Waals surface area contributed by atoms with Gasteiger partial charge in [0.25, 0.3) is 11.8 Å². The largest absolute Gasteiger partial charge is 0.394 e. The van der Waals surface area contributed by atoms with E-state index in [-0.39, 0.29) is 16.1 Å². The Morgan fingerprint density at radius 2 is 1.47 bits per heavy atom. The molecule has 3 aromatic carbocycles. The quantitative estimate of drug-likeness (QED) is 0.183.